The summed E-state index contributed by atoms with van der Waals surface area (Å²) in [5.41, 5.74) is 0.540. The average Bonchev–Trinajstić information content (AvgIpc) is 3.56. The molecule has 3 amide bonds. The fraction of sp³-hybridized carbons (Fsp3) is 0.565. The van der Waals surface area contributed by atoms with Gasteiger partial charge in [-0.3, -0.25) is 19.2 Å². The van der Waals surface area contributed by atoms with E-state index < -0.39 is 29.5 Å². The molecular formula is C23H31F2N3O5. The average molecular weight is 468 g/mol. The zero-order valence-corrected chi connectivity index (χ0v) is 19.1. The predicted octanol–water partition coefficient (Wildman–Crippen LogP) is 1.78. The molecule has 0 radical (unpaired) electrons. The summed E-state index contributed by atoms with van der Waals surface area (Å²) in [5.74, 6) is -4.32. The maximum Gasteiger partial charge on any atom is 0.305 e. The number of esters is 1. The zero-order valence-electron chi connectivity index (χ0n) is 19.1. The van der Waals surface area contributed by atoms with Gasteiger partial charge in [-0.05, 0) is 49.3 Å². The van der Waals surface area contributed by atoms with E-state index in [2.05, 4.69) is 16.0 Å². The van der Waals surface area contributed by atoms with Gasteiger partial charge in [0.15, 0.2) is 11.6 Å². The molecule has 3 N–H and O–H groups in total. The highest BCUT2D eigenvalue weighted by Crippen LogP contribution is 2.47. The van der Waals surface area contributed by atoms with Crippen LogP contribution in [0.15, 0.2) is 18.2 Å². The number of nitrogens with one attached hydrogen (secondary N) is 3. The fourth-order valence-corrected chi connectivity index (χ4v) is 3.44. The van der Waals surface area contributed by atoms with Gasteiger partial charge in [-0.25, -0.2) is 8.78 Å². The Bertz CT molecular complexity index is 878. The Labute approximate surface area is 191 Å². The van der Waals surface area contributed by atoms with Crippen LogP contribution in [0.5, 0.6) is 0 Å². The predicted molar refractivity (Wildman–Crippen MR) is 116 cm³/mol. The minimum Gasteiger partial charge on any atom is -0.466 e. The molecule has 33 heavy (non-hydrogen) atoms. The molecule has 8 nitrogen and oxygen atoms in total. The smallest absolute Gasteiger partial charge is 0.305 e. The third-order valence-corrected chi connectivity index (χ3v) is 5.35. The standard InChI is InChI=1S/C23H31F2N3O5/c1-4-33-20(30)6-5-9-26-23(32)21(13(2)3)28-19(29)12-27-22(31)16-11-15(16)14-7-8-17(24)18(25)10-14/h7-8,10,13,15-16,21H,4-6,9,11-12H2,1-3H3,(H,26,32)(H,27,31)(H,28,29)/t15?,16?,21-/m0/s1. The monoisotopic (exact) mass is 467 g/mol. The fourth-order valence-electron chi connectivity index (χ4n) is 3.44. The summed E-state index contributed by atoms with van der Waals surface area (Å²) in [5, 5.41) is 7.82. The van der Waals surface area contributed by atoms with E-state index in [1.165, 1.54) is 6.07 Å². The van der Waals surface area contributed by atoms with Crippen molar-refractivity contribution in [1.29, 1.82) is 0 Å². The van der Waals surface area contributed by atoms with Crippen LogP contribution in [0.1, 0.15) is 51.5 Å². The third kappa shape index (κ3) is 8.11. The van der Waals surface area contributed by atoms with Crippen molar-refractivity contribution in [3.8, 4) is 0 Å². The third-order valence-electron chi connectivity index (χ3n) is 5.35. The van der Waals surface area contributed by atoms with Crippen LogP contribution >= 0.6 is 0 Å². The molecular weight excluding hydrogens is 436 g/mol. The Morgan fingerprint density at radius 1 is 1.12 bits per heavy atom. The number of ether oxygens (including phenoxy) is 1. The summed E-state index contributed by atoms with van der Waals surface area (Å²) in [6, 6.07) is 2.76. The minimum atomic E-state index is -0.961. The van der Waals surface area contributed by atoms with Gasteiger partial charge in [-0.1, -0.05) is 19.9 Å². The van der Waals surface area contributed by atoms with E-state index in [0.29, 0.717) is 25.0 Å². The summed E-state index contributed by atoms with van der Waals surface area (Å²) in [7, 11) is 0. The number of hydrogen-bond donors (Lipinski definition) is 3. The molecule has 0 aliphatic heterocycles. The Kier molecular flexibility index (Phi) is 9.74. The Balaban J connectivity index is 1.74. The van der Waals surface area contributed by atoms with Gasteiger partial charge in [-0.15, -0.1) is 0 Å². The van der Waals surface area contributed by atoms with E-state index in [-0.39, 0.29) is 49.1 Å². The molecule has 0 heterocycles. The van der Waals surface area contributed by atoms with E-state index in [1.807, 2.05) is 0 Å². The number of carbonyl (C=O) groups excluding carboxylic acids is 4. The molecule has 0 spiro atoms. The largest absolute Gasteiger partial charge is 0.466 e. The molecule has 1 aromatic carbocycles. The van der Waals surface area contributed by atoms with Crippen LogP contribution in [0.25, 0.3) is 0 Å². The van der Waals surface area contributed by atoms with Gasteiger partial charge in [0.25, 0.3) is 0 Å². The van der Waals surface area contributed by atoms with Gasteiger partial charge in [0.2, 0.25) is 17.7 Å². The lowest BCUT2D eigenvalue weighted by atomic mass is 10.0. The molecule has 3 atom stereocenters. The van der Waals surface area contributed by atoms with Crippen molar-refractivity contribution in [1.82, 2.24) is 16.0 Å². The first-order chi connectivity index (χ1) is 15.6. The van der Waals surface area contributed by atoms with Crippen molar-refractivity contribution >= 4 is 23.7 Å². The normalized spacial score (nSPS) is 17.8. The lowest BCUT2D eigenvalue weighted by Crippen LogP contribution is -2.52. The molecule has 1 aliphatic carbocycles. The van der Waals surface area contributed by atoms with Crippen molar-refractivity contribution in [3.63, 3.8) is 0 Å². The summed E-state index contributed by atoms with van der Waals surface area (Å²) in [6.07, 6.45) is 1.09. The van der Waals surface area contributed by atoms with Crippen LogP contribution in [0.3, 0.4) is 0 Å². The van der Waals surface area contributed by atoms with Crippen LogP contribution in [0.4, 0.5) is 8.78 Å². The Hall–Kier alpha value is -3.04. The number of benzene rings is 1. The SMILES string of the molecule is CCOC(=O)CCCNC(=O)[C@@H](NC(=O)CNC(=O)C1CC1c1ccc(F)c(F)c1)C(C)C. The summed E-state index contributed by atoms with van der Waals surface area (Å²) in [4.78, 5) is 48.3. The lowest BCUT2D eigenvalue weighted by Gasteiger charge is -2.22. The zero-order chi connectivity index (χ0) is 24.5. The summed E-state index contributed by atoms with van der Waals surface area (Å²) < 4.78 is 31.3. The van der Waals surface area contributed by atoms with Crippen LogP contribution in [-0.2, 0) is 23.9 Å². The van der Waals surface area contributed by atoms with E-state index in [9.17, 15) is 28.0 Å². The molecule has 2 rings (SSSR count). The topological polar surface area (TPSA) is 114 Å². The van der Waals surface area contributed by atoms with Crippen LogP contribution < -0.4 is 16.0 Å². The van der Waals surface area contributed by atoms with Gasteiger partial charge in [-0.2, -0.15) is 0 Å². The van der Waals surface area contributed by atoms with Crippen molar-refractivity contribution in [2.75, 3.05) is 19.7 Å². The highest BCUT2D eigenvalue weighted by molar-refractivity contribution is 5.91. The first-order valence-corrected chi connectivity index (χ1v) is 11.1. The molecule has 1 aliphatic rings. The van der Waals surface area contributed by atoms with Gasteiger partial charge in [0, 0.05) is 18.9 Å². The van der Waals surface area contributed by atoms with E-state index >= 15 is 0 Å². The highest BCUT2D eigenvalue weighted by atomic mass is 19.2. The van der Waals surface area contributed by atoms with Gasteiger partial charge >= 0.3 is 5.97 Å². The second-order valence-electron chi connectivity index (χ2n) is 8.33. The van der Waals surface area contributed by atoms with Crippen molar-refractivity contribution in [2.45, 2.75) is 52.0 Å². The Morgan fingerprint density at radius 2 is 1.85 bits per heavy atom. The molecule has 1 fully saturated rings. The first kappa shape index (κ1) is 26.2. The maximum atomic E-state index is 13.4. The number of rotatable bonds is 12. The molecule has 1 saturated carbocycles. The number of halogens is 2. The number of carbonyl (C=O) groups is 4. The first-order valence-electron chi connectivity index (χ1n) is 11.1. The van der Waals surface area contributed by atoms with Crippen molar-refractivity contribution in [3.05, 3.63) is 35.4 Å². The van der Waals surface area contributed by atoms with Gasteiger partial charge in [0.05, 0.1) is 13.2 Å². The second kappa shape index (κ2) is 12.3. The number of amides is 3. The summed E-state index contributed by atoms with van der Waals surface area (Å²) in [6.45, 7) is 5.53. The minimum absolute atomic E-state index is 0.186. The van der Waals surface area contributed by atoms with Gasteiger partial charge in [0.1, 0.15) is 6.04 Å². The van der Waals surface area contributed by atoms with Crippen LogP contribution in [-0.4, -0.2) is 49.4 Å². The van der Waals surface area contributed by atoms with Crippen molar-refractivity contribution in [2.24, 2.45) is 11.8 Å². The molecule has 182 valence electrons. The highest BCUT2D eigenvalue weighted by Gasteiger charge is 2.44. The van der Waals surface area contributed by atoms with Crippen LogP contribution in [0, 0.1) is 23.5 Å². The summed E-state index contributed by atoms with van der Waals surface area (Å²) >= 11 is 0. The molecule has 0 saturated heterocycles. The molecule has 0 aromatic heterocycles. The molecule has 2 unspecified atom stereocenters. The van der Waals surface area contributed by atoms with Crippen LogP contribution in [0.2, 0.25) is 0 Å². The Morgan fingerprint density at radius 3 is 2.48 bits per heavy atom. The number of hydrogen-bond acceptors (Lipinski definition) is 5. The maximum absolute atomic E-state index is 13.4. The molecule has 0 bridgehead atoms. The second-order valence-corrected chi connectivity index (χ2v) is 8.33. The van der Waals surface area contributed by atoms with Gasteiger partial charge < -0.3 is 20.7 Å². The van der Waals surface area contributed by atoms with Crippen molar-refractivity contribution < 1.29 is 32.7 Å². The van der Waals surface area contributed by atoms with E-state index in [4.69, 9.17) is 4.74 Å². The quantitative estimate of drug-likeness (QED) is 0.320. The van der Waals surface area contributed by atoms with E-state index in [1.54, 1.807) is 20.8 Å². The lowest BCUT2D eigenvalue weighted by molar-refractivity contribution is -0.143. The molecule has 1 aromatic rings. The van der Waals surface area contributed by atoms with E-state index in [0.717, 1.165) is 12.1 Å². The molecule has 10 heteroatoms.